The standard InChI is InChI=1S/C22H20N6O2S/c1-13-5-3-7-15(9-13)28-20-17(11-24-28)21(30)27-16(12-31-22(27)26-20)10-18(29)25-19-14(2)6-4-8-23-19/h3-9,11,16H,10,12H2,1-2H3,(H,23,25,29)/t16-/m1/s1. The predicted molar refractivity (Wildman–Crippen MR) is 120 cm³/mol. The number of nitrogens with one attached hydrogen (secondary N) is 1. The summed E-state index contributed by atoms with van der Waals surface area (Å²) in [6.45, 7) is 3.90. The number of aryl methyl sites for hydroxylation is 2. The maximum Gasteiger partial charge on any atom is 0.265 e. The lowest BCUT2D eigenvalue weighted by atomic mass is 10.2. The topological polar surface area (TPSA) is 94.7 Å². The first-order valence-corrected chi connectivity index (χ1v) is 10.9. The minimum absolute atomic E-state index is 0.171. The van der Waals surface area contributed by atoms with Gasteiger partial charge in [0.2, 0.25) is 5.91 Å². The Kier molecular flexibility index (Phi) is 4.82. The third-order valence-corrected chi connectivity index (χ3v) is 6.40. The number of hydrogen-bond donors (Lipinski definition) is 1. The number of rotatable bonds is 4. The maximum absolute atomic E-state index is 13.2. The van der Waals surface area contributed by atoms with Crippen molar-refractivity contribution in [2.75, 3.05) is 11.1 Å². The van der Waals surface area contributed by atoms with Crippen LogP contribution in [0.3, 0.4) is 0 Å². The van der Waals surface area contributed by atoms with E-state index in [1.54, 1.807) is 21.6 Å². The summed E-state index contributed by atoms with van der Waals surface area (Å²) in [6, 6.07) is 11.3. The summed E-state index contributed by atoms with van der Waals surface area (Å²) in [5.41, 5.74) is 3.21. The van der Waals surface area contributed by atoms with E-state index in [1.165, 1.54) is 11.8 Å². The van der Waals surface area contributed by atoms with E-state index in [1.807, 2.05) is 50.2 Å². The molecule has 1 aliphatic rings. The second-order valence-corrected chi connectivity index (χ2v) is 8.58. The highest BCUT2D eigenvalue weighted by molar-refractivity contribution is 7.99. The van der Waals surface area contributed by atoms with Crippen molar-refractivity contribution in [3.8, 4) is 5.69 Å². The molecule has 0 spiro atoms. The van der Waals surface area contributed by atoms with Crippen LogP contribution in [0, 0.1) is 13.8 Å². The van der Waals surface area contributed by atoms with Crippen molar-refractivity contribution < 1.29 is 4.79 Å². The van der Waals surface area contributed by atoms with E-state index in [0.717, 1.165) is 16.8 Å². The summed E-state index contributed by atoms with van der Waals surface area (Å²) in [7, 11) is 0. The highest BCUT2D eigenvalue weighted by Crippen LogP contribution is 2.33. The van der Waals surface area contributed by atoms with Crippen LogP contribution in [0.4, 0.5) is 5.82 Å². The average molecular weight is 433 g/mol. The molecule has 0 aliphatic carbocycles. The molecule has 5 rings (SSSR count). The first-order valence-electron chi connectivity index (χ1n) is 9.93. The Labute approximate surface area is 182 Å². The van der Waals surface area contributed by atoms with Gasteiger partial charge in [-0.3, -0.25) is 14.2 Å². The molecule has 31 heavy (non-hydrogen) atoms. The number of aromatic nitrogens is 5. The molecule has 156 valence electrons. The van der Waals surface area contributed by atoms with E-state index in [2.05, 4.69) is 15.4 Å². The first kappa shape index (κ1) is 19.5. The van der Waals surface area contributed by atoms with E-state index in [-0.39, 0.29) is 23.9 Å². The van der Waals surface area contributed by atoms with Crippen molar-refractivity contribution in [3.05, 3.63) is 70.3 Å². The number of thioether (sulfide) groups is 1. The first-order chi connectivity index (χ1) is 15.0. The van der Waals surface area contributed by atoms with Gasteiger partial charge in [-0.25, -0.2) is 14.6 Å². The summed E-state index contributed by atoms with van der Waals surface area (Å²) in [4.78, 5) is 34.8. The van der Waals surface area contributed by atoms with E-state index in [0.29, 0.717) is 27.8 Å². The molecule has 0 radical (unpaired) electrons. The maximum atomic E-state index is 13.2. The van der Waals surface area contributed by atoms with Gasteiger partial charge < -0.3 is 5.32 Å². The van der Waals surface area contributed by atoms with Gasteiger partial charge in [0.15, 0.2) is 10.8 Å². The van der Waals surface area contributed by atoms with Crippen molar-refractivity contribution in [1.82, 2.24) is 24.3 Å². The minimum Gasteiger partial charge on any atom is -0.310 e. The van der Waals surface area contributed by atoms with E-state index in [4.69, 9.17) is 4.98 Å². The van der Waals surface area contributed by atoms with Gasteiger partial charge in [0.05, 0.1) is 17.9 Å². The highest BCUT2D eigenvalue weighted by Gasteiger charge is 2.29. The van der Waals surface area contributed by atoms with Gasteiger partial charge in [-0.15, -0.1) is 0 Å². The van der Waals surface area contributed by atoms with Crippen LogP contribution in [-0.4, -0.2) is 36.0 Å². The van der Waals surface area contributed by atoms with Crippen molar-refractivity contribution in [2.24, 2.45) is 0 Å². The third kappa shape index (κ3) is 3.50. The van der Waals surface area contributed by atoms with Crippen molar-refractivity contribution in [1.29, 1.82) is 0 Å². The number of nitrogens with zero attached hydrogens (tertiary/aromatic N) is 5. The molecule has 4 heterocycles. The Balaban J connectivity index is 1.46. The Morgan fingerprint density at radius 2 is 2.13 bits per heavy atom. The van der Waals surface area contributed by atoms with Gasteiger partial charge in [-0.1, -0.05) is 30.0 Å². The van der Waals surface area contributed by atoms with Crippen LogP contribution in [-0.2, 0) is 4.79 Å². The van der Waals surface area contributed by atoms with Crippen LogP contribution in [0.1, 0.15) is 23.6 Å². The van der Waals surface area contributed by atoms with Crippen LogP contribution < -0.4 is 10.9 Å². The summed E-state index contributed by atoms with van der Waals surface area (Å²) >= 11 is 1.48. The number of fused-ring (bicyclic) bond motifs is 2. The molecule has 0 bridgehead atoms. The van der Waals surface area contributed by atoms with Crippen LogP contribution >= 0.6 is 11.8 Å². The number of hydrogen-bond acceptors (Lipinski definition) is 6. The minimum atomic E-state index is -0.268. The zero-order chi connectivity index (χ0) is 21.5. The molecule has 1 N–H and O–H groups in total. The smallest absolute Gasteiger partial charge is 0.265 e. The zero-order valence-electron chi connectivity index (χ0n) is 17.1. The second-order valence-electron chi connectivity index (χ2n) is 7.59. The van der Waals surface area contributed by atoms with Gasteiger partial charge in [0.25, 0.3) is 5.56 Å². The Bertz CT molecular complexity index is 1380. The molecule has 4 aromatic rings. The lowest BCUT2D eigenvalue weighted by molar-refractivity contribution is -0.116. The van der Waals surface area contributed by atoms with Crippen LogP contribution in [0.5, 0.6) is 0 Å². The number of amides is 1. The molecule has 1 amide bonds. The van der Waals surface area contributed by atoms with E-state index >= 15 is 0 Å². The van der Waals surface area contributed by atoms with E-state index in [9.17, 15) is 9.59 Å². The number of carbonyl (C=O) groups is 1. The van der Waals surface area contributed by atoms with Crippen molar-refractivity contribution in [3.63, 3.8) is 0 Å². The zero-order valence-corrected chi connectivity index (χ0v) is 17.9. The van der Waals surface area contributed by atoms with Crippen LogP contribution in [0.15, 0.2) is 58.7 Å². The van der Waals surface area contributed by atoms with Crippen LogP contribution in [0.25, 0.3) is 16.7 Å². The Morgan fingerprint density at radius 1 is 1.26 bits per heavy atom. The number of benzene rings is 1. The summed E-state index contributed by atoms with van der Waals surface area (Å²) < 4.78 is 3.31. The fourth-order valence-electron chi connectivity index (χ4n) is 3.74. The summed E-state index contributed by atoms with van der Waals surface area (Å²) in [5, 5.41) is 8.30. The van der Waals surface area contributed by atoms with Crippen molar-refractivity contribution in [2.45, 2.75) is 31.5 Å². The fraction of sp³-hybridized carbons (Fsp3) is 0.227. The molecule has 0 saturated heterocycles. The molecule has 0 fully saturated rings. The highest BCUT2D eigenvalue weighted by atomic mass is 32.2. The summed E-state index contributed by atoms with van der Waals surface area (Å²) in [6.07, 6.45) is 3.37. The molecule has 1 aromatic carbocycles. The van der Waals surface area contributed by atoms with Gasteiger partial charge >= 0.3 is 0 Å². The molecule has 9 heteroatoms. The molecule has 0 saturated carbocycles. The van der Waals surface area contributed by atoms with Gasteiger partial charge in [-0.05, 0) is 43.2 Å². The molecule has 1 atom stereocenters. The predicted octanol–water partition coefficient (Wildman–Crippen LogP) is 3.27. The molecular weight excluding hydrogens is 412 g/mol. The molecule has 1 aliphatic heterocycles. The Hall–Kier alpha value is -3.46. The molecule has 0 unspecified atom stereocenters. The second kappa shape index (κ2) is 7.66. The fourth-order valence-corrected chi connectivity index (χ4v) is 4.87. The molecular formula is C22H20N6O2S. The monoisotopic (exact) mass is 432 g/mol. The quantitative estimate of drug-likeness (QED) is 0.498. The number of carbonyl (C=O) groups excluding carboxylic acids is 1. The lowest BCUT2D eigenvalue weighted by Crippen LogP contribution is -2.28. The average Bonchev–Trinajstić information content (AvgIpc) is 3.35. The Morgan fingerprint density at radius 3 is 2.94 bits per heavy atom. The van der Waals surface area contributed by atoms with Crippen LogP contribution in [0.2, 0.25) is 0 Å². The molecule has 3 aromatic heterocycles. The lowest BCUT2D eigenvalue weighted by Gasteiger charge is -2.14. The largest absolute Gasteiger partial charge is 0.310 e. The van der Waals surface area contributed by atoms with Gasteiger partial charge in [0, 0.05) is 18.4 Å². The van der Waals surface area contributed by atoms with Gasteiger partial charge in [-0.2, -0.15) is 5.10 Å². The van der Waals surface area contributed by atoms with Gasteiger partial charge in [0.1, 0.15) is 11.2 Å². The van der Waals surface area contributed by atoms with Crippen molar-refractivity contribution >= 4 is 34.5 Å². The van der Waals surface area contributed by atoms with E-state index < -0.39 is 0 Å². The third-order valence-electron chi connectivity index (χ3n) is 5.31. The summed E-state index contributed by atoms with van der Waals surface area (Å²) in [5.74, 6) is 0.975. The SMILES string of the molecule is Cc1cccc(-n2ncc3c(=O)n4c(nc32)SC[C@H]4CC(=O)Nc2ncccc2C)c1. The normalized spacial score (nSPS) is 15.2. The number of pyridine rings is 1. The number of anilines is 1. The molecule has 8 nitrogen and oxygen atoms in total.